The first-order valence-electron chi connectivity index (χ1n) is 7.78. The fourth-order valence-electron chi connectivity index (χ4n) is 2.53. The highest BCUT2D eigenvalue weighted by atomic mass is 32.2. The molecule has 0 spiro atoms. The van der Waals surface area contributed by atoms with Gasteiger partial charge in [0.25, 0.3) is 0 Å². The number of aromatic nitrogens is 1. The van der Waals surface area contributed by atoms with Crippen molar-refractivity contribution < 1.29 is 13.2 Å². The molecule has 0 amide bonds. The SMILES string of the molecule is C=CC(c1ccsc1COc1ccc(C)cc1)S(=O)(=O)n1cccc1. The number of hydrogen-bond donors (Lipinski definition) is 0. The predicted molar refractivity (Wildman–Crippen MR) is 102 cm³/mol. The molecule has 0 saturated heterocycles. The van der Waals surface area contributed by atoms with Crippen molar-refractivity contribution in [3.8, 4) is 5.75 Å². The fourth-order valence-corrected chi connectivity index (χ4v) is 4.97. The number of rotatable bonds is 7. The monoisotopic (exact) mass is 373 g/mol. The van der Waals surface area contributed by atoms with Gasteiger partial charge < -0.3 is 4.74 Å². The Morgan fingerprint density at radius 1 is 1.20 bits per heavy atom. The van der Waals surface area contributed by atoms with E-state index in [1.54, 1.807) is 12.1 Å². The molecule has 4 nitrogen and oxygen atoms in total. The minimum atomic E-state index is -3.59. The van der Waals surface area contributed by atoms with Crippen molar-refractivity contribution in [2.45, 2.75) is 18.8 Å². The summed E-state index contributed by atoms with van der Waals surface area (Å²) in [6.45, 7) is 6.07. The Morgan fingerprint density at radius 3 is 2.52 bits per heavy atom. The maximum atomic E-state index is 12.8. The topological polar surface area (TPSA) is 48.3 Å². The van der Waals surface area contributed by atoms with Gasteiger partial charge in [0.15, 0.2) is 0 Å². The highest BCUT2D eigenvalue weighted by molar-refractivity contribution is 7.90. The lowest BCUT2D eigenvalue weighted by Crippen LogP contribution is -2.19. The van der Waals surface area contributed by atoms with E-state index >= 15 is 0 Å². The van der Waals surface area contributed by atoms with E-state index in [9.17, 15) is 8.42 Å². The number of thiophene rings is 1. The standard InChI is InChI=1S/C19H19NO3S2/c1-3-19(25(21,22)20-11-4-5-12-20)17-10-13-24-18(17)14-23-16-8-6-15(2)7-9-16/h3-13,19H,1,14H2,2H3. The van der Waals surface area contributed by atoms with Crippen molar-refractivity contribution in [1.82, 2.24) is 3.97 Å². The summed E-state index contributed by atoms with van der Waals surface area (Å²) < 4.78 is 32.7. The second-order valence-electron chi connectivity index (χ2n) is 5.62. The third-order valence-electron chi connectivity index (χ3n) is 3.88. The second-order valence-corrected chi connectivity index (χ2v) is 8.58. The van der Waals surface area contributed by atoms with E-state index in [2.05, 4.69) is 6.58 Å². The average Bonchev–Trinajstić information content (AvgIpc) is 3.27. The highest BCUT2D eigenvalue weighted by Crippen LogP contribution is 2.32. The Balaban J connectivity index is 1.84. The maximum absolute atomic E-state index is 12.8. The molecule has 0 bridgehead atoms. The lowest BCUT2D eigenvalue weighted by atomic mass is 10.2. The third kappa shape index (κ3) is 3.70. The van der Waals surface area contributed by atoms with E-state index in [0.29, 0.717) is 12.2 Å². The van der Waals surface area contributed by atoms with E-state index in [1.165, 1.54) is 33.8 Å². The van der Waals surface area contributed by atoms with Crippen molar-refractivity contribution in [2.75, 3.05) is 0 Å². The minimum absolute atomic E-state index is 0.321. The van der Waals surface area contributed by atoms with Crippen LogP contribution in [0, 0.1) is 6.92 Å². The van der Waals surface area contributed by atoms with Crippen LogP contribution in [-0.4, -0.2) is 12.4 Å². The molecular weight excluding hydrogens is 354 g/mol. The lowest BCUT2D eigenvalue weighted by Gasteiger charge is -2.16. The second kappa shape index (κ2) is 7.29. The van der Waals surface area contributed by atoms with Gasteiger partial charge in [-0.15, -0.1) is 17.9 Å². The van der Waals surface area contributed by atoms with Crippen LogP contribution in [-0.2, 0) is 16.6 Å². The summed E-state index contributed by atoms with van der Waals surface area (Å²) in [6.07, 6.45) is 4.52. The molecule has 3 rings (SSSR count). The first kappa shape index (κ1) is 17.5. The molecule has 0 fully saturated rings. The smallest absolute Gasteiger partial charge is 0.249 e. The molecule has 0 saturated carbocycles. The van der Waals surface area contributed by atoms with Crippen LogP contribution in [0.2, 0.25) is 0 Å². The predicted octanol–water partition coefficient (Wildman–Crippen LogP) is 4.54. The number of ether oxygens (including phenoxy) is 1. The Bertz CT molecular complexity index is 939. The summed E-state index contributed by atoms with van der Waals surface area (Å²) in [5.74, 6) is 0.758. The third-order valence-corrected chi connectivity index (χ3v) is 6.71. The zero-order valence-electron chi connectivity index (χ0n) is 13.8. The van der Waals surface area contributed by atoms with Crippen molar-refractivity contribution in [3.05, 3.63) is 88.9 Å². The minimum Gasteiger partial charge on any atom is -0.488 e. The summed E-state index contributed by atoms with van der Waals surface area (Å²) >= 11 is 1.48. The molecule has 0 radical (unpaired) electrons. The van der Waals surface area contributed by atoms with E-state index in [1.807, 2.05) is 42.6 Å². The Labute approximate surface area is 152 Å². The van der Waals surface area contributed by atoms with Crippen molar-refractivity contribution in [3.63, 3.8) is 0 Å². The van der Waals surface area contributed by atoms with Crippen molar-refractivity contribution in [2.24, 2.45) is 0 Å². The Kier molecular flexibility index (Phi) is 5.11. The molecule has 25 heavy (non-hydrogen) atoms. The highest BCUT2D eigenvalue weighted by Gasteiger charge is 2.28. The molecule has 1 atom stereocenters. The molecule has 6 heteroatoms. The summed E-state index contributed by atoms with van der Waals surface area (Å²) in [6, 6.07) is 13.0. The molecule has 2 heterocycles. The number of nitrogens with zero attached hydrogens (tertiary/aromatic N) is 1. The first-order valence-corrected chi connectivity index (χ1v) is 10.2. The van der Waals surface area contributed by atoms with Crippen LogP contribution in [0.5, 0.6) is 5.75 Å². The normalized spacial score (nSPS) is 12.7. The number of aryl methyl sites for hydroxylation is 1. The van der Waals surface area contributed by atoms with Gasteiger partial charge in [-0.1, -0.05) is 23.8 Å². The lowest BCUT2D eigenvalue weighted by molar-refractivity contribution is 0.309. The Morgan fingerprint density at radius 2 is 1.88 bits per heavy atom. The van der Waals surface area contributed by atoms with Gasteiger partial charge in [0.1, 0.15) is 17.6 Å². The fraction of sp³-hybridized carbons (Fsp3) is 0.158. The number of hydrogen-bond acceptors (Lipinski definition) is 4. The van der Waals surface area contributed by atoms with Crippen LogP contribution in [0.4, 0.5) is 0 Å². The first-order chi connectivity index (χ1) is 12.0. The van der Waals surface area contributed by atoms with Crippen LogP contribution in [0.3, 0.4) is 0 Å². The van der Waals surface area contributed by atoms with Crippen molar-refractivity contribution >= 4 is 21.4 Å². The largest absolute Gasteiger partial charge is 0.488 e. The molecule has 1 unspecified atom stereocenters. The van der Waals surface area contributed by atoms with Crippen LogP contribution in [0.25, 0.3) is 0 Å². The van der Waals surface area contributed by atoms with E-state index < -0.39 is 15.3 Å². The molecule has 0 N–H and O–H groups in total. The molecular formula is C19H19NO3S2. The summed E-state index contributed by atoms with van der Waals surface area (Å²) in [5.41, 5.74) is 1.87. The van der Waals surface area contributed by atoms with E-state index in [-0.39, 0.29) is 0 Å². The van der Waals surface area contributed by atoms with Crippen LogP contribution >= 0.6 is 11.3 Å². The molecule has 0 aliphatic heterocycles. The van der Waals surface area contributed by atoms with Gasteiger partial charge in [0, 0.05) is 17.3 Å². The average molecular weight is 373 g/mol. The van der Waals surface area contributed by atoms with Gasteiger partial charge in [-0.3, -0.25) is 3.97 Å². The van der Waals surface area contributed by atoms with Gasteiger partial charge in [0.05, 0.1) is 0 Å². The molecule has 2 aromatic heterocycles. The zero-order valence-corrected chi connectivity index (χ0v) is 15.5. The van der Waals surface area contributed by atoms with Gasteiger partial charge in [-0.05, 0) is 48.2 Å². The van der Waals surface area contributed by atoms with Crippen LogP contribution in [0.1, 0.15) is 21.3 Å². The van der Waals surface area contributed by atoms with Crippen LogP contribution in [0.15, 0.2) is 72.9 Å². The summed E-state index contributed by atoms with van der Waals surface area (Å²) in [7, 11) is -3.59. The van der Waals surface area contributed by atoms with Gasteiger partial charge >= 0.3 is 0 Å². The van der Waals surface area contributed by atoms with Crippen LogP contribution < -0.4 is 4.74 Å². The zero-order chi connectivity index (χ0) is 17.9. The van der Waals surface area contributed by atoms with Gasteiger partial charge in [-0.25, -0.2) is 8.42 Å². The molecule has 1 aromatic carbocycles. The summed E-state index contributed by atoms with van der Waals surface area (Å²) in [4.78, 5) is 0.876. The van der Waals surface area contributed by atoms with E-state index in [0.717, 1.165) is 16.2 Å². The quantitative estimate of drug-likeness (QED) is 0.571. The molecule has 0 aliphatic carbocycles. The van der Waals surface area contributed by atoms with Crippen molar-refractivity contribution in [1.29, 1.82) is 0 Å². The summed E-state index contributed by atoms with van der Waals surface area (Å²) in [5, 5.41) is 1.06. The maximum Gasteiger partial charge on any atom is 0.249 e. The number of benzene rings is 1. The van der Waals surface area contributed by atoms with E-state index in [4.69, 9.17) is 4.74 Å². The molecule has 130 valence electrons. The van der Waals surface area contributed by atoms with Gasteiger partial charge in [0.2, 0.25) is 10.0 Å². The molecule has 3 aromatic rings. The Hall–Kier alpha value is -2.31. The molecule has 0 aliphatic rings. The van der Waals surface area contributed by atoms with Gasteiger partial charge in [-0.2, -0.15) is 0 Å².